The molecule has 7 amide bonds. The predicted molar refractivity (Wildman–Crippen MR) is 289 cm³/mol. The van der Waals surface area contributed by atoms with Gasteiger partial charge in [-0.05, 0) is 63.4 Å². The van der Waals surface area contributed by atoms with E-state index in [1.54, 1.807) is 34.0 Å². The number of nitrogens with zero attached hydrogens (tertiary/aromatic N) is 3. The quantitative estimate of drug-likeness (QED) is 0.0277. The molecule has 1 saturated heterocycles. The number of allylic oxidation sites excluding steroid dienone is 2. The first-order valence-electron chi connectivity index (χ1n) is 25.4. The molecule has 1 heterocycles. The van der Waals surface area contributed by atoms with Gasteiger partial charge in [0.1, 0.15) is 35.9 Å². The molecule has 25 heteroatoms. The van der Waals surface area contributed by atoms with E-state index in [1.807, 2.05) is 43.3 Å². The number of carboxylic acids is 2. The second kappa shape index (κ2) is 32.6. The molecule has 0 aliphatic carbocycles. The highest BCUT2D eigenvalue weighted by molar-refractivity contribution is 6.00. The number of nitrogens with two attached hydrogens (primary N) is 4. The summed E-state index contributed by atoms with van der Waals surface area (Å²) in [6.07, 6.45) is 4.42. The predicted octanol–water partition coefficient (Wildman–Crippen LogP) is -0.348. The van der Waals surface area contributed by atoms with Crippen molar-refractivity contribution in [3.8, 4) is 0 Å². The van der Waals surface area contributed by atoms with Gasteiger partial charge in [-0.1, -0.05) is 95.3 Å². The minimum Gasteiger partial charge on any atom is -0.480 e. The number of hydrogen-bond acceptors (Lipinski definition) is 12. The second-order valence-corrected chi connectivity index (χ2v) is 19.5. The molecule has 1 aromatic carbocycles. The van der Waals surface area contributed by atoms with Gasteiger partial charge >= 0.3 is 11.9 Å². The van der Waals surface area contributed by atoms with Gasteiger partial charge in [0.05, 0.1) is 24.0 Å². The third-order valence-electron chi connectivity index (χ3n) is 12.8. The molecular weight excluding hydrogens is 999 g/mol. The monoisotopic (exact) mass is 1080 g/mol. The number of carbonyl (C=O) groups is 9. The van der Waals surface area contributed by atoms with E-state index < -0.39 is 120 Å². The molecule has 0 saturated carbocycles. The van der Waals surface area contributed by atoms with Crippen molar-refractivity contribution in [2.45, 2.75) is 135 Å². The van der Waals surface area contributed by atoms with Crippen molar-refractivity contribution < 1.29 is 58.1 Å². The molecule has 0 bridgehead atoms. The standard InChI is InChI=1S/C52H81N13O12/c1-28(2)25-39-48(72)61-37(18-14-24-58-52(55)56)47(71)64-42(50(75)76)32(6)44(68)60-36(17-13-23-57-51(53)54)46(70)59-35(20-19-29(3)26-30(4)40(77-9)27-34-15-11-10-12-16-34)31(5)43(67)62-38(49(73)74)21-22-41(66)65(8)33(7)45(69)63-39/h10-12,15-16,19-20,26,28,30-32,35-40,42H,7,13-14,17-18,21-25,27H2,1-6,8-9H3,(H,59,70)(H,60,68)(H,61,72)(H,62,67)(H,63,69)(H,64,71)(H,73,74)(H,75,76)(H4,53,54,57)(H4,55,56,58)/b20-19+,29-26+/t30-,31-,32-,35-,36-,37-,38+,39+,40-,42+/m0/s1. The van der Waals surface area contributed by atoms with Crippen molar-refractivity contribution in [2.24, 2.45) is 56.6 Å². The van der Waals surface area contributed by atoms with Gasteiger partial charge in [0.25, 0.3) is 5.91 Å². The summed E-state index contributed by atoms with van der Waals surface area (Å²) in [6.45, 7) is 13.6. The number of carboxylic acid groups (broad SMARTS) is 2. The van der Waals surface area contributed by atoms with Gasteiger partial charge in [-0.3, -0.25) is 43.5 Å². The fourth-order valence-corrected chi connectivity index (χ4v) is 8.10. The first-order chi connectivity index (χ1) is 36.2. The number of guanidine groups is 2. The SMILES string of the molecule is C=C1C(=O)N[C@H](CC(C)C)C(=O)N[C@@H](CCCN=C(N)N)C(=O)N[C@@H](C(=O)O)[C@H](C)C(=O)N[C@@H](CCCN=C(N)N)C(=O)N[C@@H](/C=C/C(C)=C/[C@H](C)[C@H](Cc2ccccc2)OC)[C@H](C)C(=O)N[C@@H](C(=O)O)CCC(=O)N1C. The molecule has 1 aliphatic rings. The average Bonchev–Trinajstić information content (AvgIpc) is 3.36. The lowest BCUT2D eigenvalue weighted by atomic mass is 9.94. The Balaban J connectivity index is 2.80. The van der Waals surface area contributed by atoms with Crippen LogP contribution in [0.4, 0.5) is 0 Å². The minimum atomic E-state index is -1.95. The van der Waals surface area contributed by atoms with E-state index in [-0.39, 0.29) is 75.1 Å². The summed E-state index contributed by atoms with van der Waals surface area (Å²) in [5.41, 5.74) is 23.3. The average molecular weight is 1080 g/mol. The number of likely N-dealkylation sites (N-methyl/N-ethyl adjacent to an activating group) is 1. The molecule has 0 radical (unpaired) electrons. The summed E-state index contributed by atoms with van der Waals surface area (Å²) in [5, 5.41) is 35.9. The number of hydrogen-bond donors (Lipinski definition) is 12. The summed E-state index contributed by atoms with van der Waals surface area (Å²) in [6, 6.07) is 0.662. The maximum Gasteiger partial charge on any atom is 0.327 e. The molecule has 77 heavy (non-hydrogen) atoms. The topological polar surface area (TPSA) is 408 Å². The van der Waals surface area contributed by atoms with Gasteiger partial charge in [0.2, 0.25) is 35.4 Å². The largest absolute Gasteiger partial charge is 0.480 e. The number of nitrogens with one attached hydrogen (secondary N) is 6. The number of amides is 7. The number of carbonyl (C=O) groups excluding carboxylic acids is 7. The number of aliphatic imine (C=N–C) groups is 2. The Morgan fingerprint density at radius 1 is 0.766 bits per heavy atom. The maximum absolute atomic E-state index is 14.5. The van der Waals surface area contributed by atoms with Crippen molar-refractivity contribution in [1.29, 1.82) is 0 Å². The number of methoxy groups -OCH3 is 1. The van der Waals surface area contributed by atoms with Crippen molar-refractivity contribution in [2.75, 3.05) is 27.2 Å². The highest BCUT2D eigenvalue weighted by atomic mass is 16.5. The van der Waals surface area contributed by atoms with Crippen LogP contribution in [0.1, 0.15) is 92.1 Å². The Kier molecular flexibility index (Phi) is 27.6. The summed E-state index contributed by atoms with van der Waals surface area (Å²) >= 11 is 0. The molecule has 0 spiro atoms. The maximum atomic E-state index is 14.5. The fraction of sp³-hybridized carbons (Fsp3) is 0.558. The van der Waals surface area contributed by atoms with Gasteiger partial charge in [0, 0.05) is 39.6 Å². The second-order valence-electron chi connectivity index (χ2n) is 19.5. The van der Waals surface area contributed by atoms with Gasteiger partial charge in [-0.2, -0.15) is 0 Å². The lowest BCUT2D eigenvalue weighted by molar-refractivity contribution is -0.146. The van der Waals surface area contributed by atoms with E-state index in [2.05, 4.69) is 48.5 Å². The van der Waals surface area contributed by atoms with Crippen LogP contribution >= 0.6 is 0 Å². The van der Waals surface area contributed by atoms with Crippen molar-refractivity contribution in [3.05, 3.63) is 72.0 Å². The van der Waals surface area contributed by atoms with Crippen molar-refractivity contribution >= 4 is 65.2 Å². The van der Waals surface area contributed by atoms with E-state index in [1.165, 1.54) is 27.0 Å². The molecule has 0 aromatic heterocycles. The molecule has 426 valence electrons. The Morgan fingerprint density at radius 2 is 1.30 bits per heavy atom. The zero-order valence-corrected chi connectivity index (χ0v) is 45.4. The van der Waals surface area contributed by atoms with Gasteiger partial charge in [-0.25, -0.2) is 9.59 Å². The van der Waals surface area contributed by atoms with Crippen LogP contribution < -0.4 is 54.8 Å². The van der Waals surface area contributed by atoms with Crippen LogP contribution in [-0.2, 0) is 54.3 Å². The fourth-order valence-electron chi connectivity index (χ4n) is 8.10. The summed E-state index contributed by atoms with van der Waals surface area (Å²) in [7, 11) is 2.82. The number of benzene rings is 1. The van der Waals surface area contributed by atoms with Crippen LogP contribution in [-0.4, -0.2) is 150 Å². The zero-order chi connectivity index (χ0) is 58.1. The first kappa shape index (κ1) is 65.3. The normalized spacial score (nSPS) is 24.2. The summed E-state index contributed by atoms with van der Waals surface area (Å²) in [5.74, 6) is -13.2. The lowest BCUT2D eigenvalue weighted by Gasteiger charge is -2.28. The van der Waals surface area contributed by atoms with E-state index in [0.717, 1.165) is 10.5 Å². The molecule has 25 nitrogen and oxygen atoms in total. The third-order valence-corrected chi connectivity index (χ3v) is 12.8. The van der Waals surface area contributed by atoms with Crippen LogP contribution in [0.25, 0.3) is 0 Å². The highest BCUT2D eigenvalue weighted by Gasteiger charge is 2.38. The van der Waals surface area contributed by atoms with Gasteiger partial charge in [-0.15, -0.1) is 0 Å². The molecule has 1 aromatic rings. The van der Waals surface area contributed by atoms with Crippen molar-refractivity contribution in [3.63, 3.8) is 0 Å². The Bertz CT molecular complexity index is 2350. The summed E-state index contributed by atoms with van der Waals surface area (Å²) < 4.78 is 5.82. The molecule has 10 atom stereocenters. The highest BCUT2D eigenvalue weighted by Crippen LogP contribution is 2.19. The van der Waals surface area contributed by atoms with E-state index in [0.29, 0.717) is 12.0 Å². The summed E-state index contributed by atoms with van der Waals surface area (Å²) in [4.78, 5) is 132. The van der Waals surface area contributed by atoms with E-state index >= 15 is 0 Å². The van der Waals surface area contributed by atoms with Crippen LogP contribution in [0.5, 0.6) is 0 Å². The van der Waals surface area contributed by atoms with Crippen LogP contribution in [0.15, 0.2) is 76.4 Å². The smallest absolute Gasteiger partial charge is 0.327 e. The first-order valence-corrected chi connectivity index (χ1v) is 25.4. The molecular formula is C52H81N13O12. The Morgan fingerprint density at radius 3 is 1.82 bits per heavy atom. The van der Waals surface area contributed by atoms with Crippen molar-refractivity contribution in [1.82, 2.24) is 36.8 Å². The zero-order valence-electron chi connectivity index (χ0n) is 45.4. The minimum absolute atomic E-state index is 0.00336. The molecule has 1 fully saturated rings. The third kappa shape index (κ3) is 22.9. The van der Waals surface area contributed by atoms with Crippen LogP contribution in [0, 0.1) is 23.7 Å². The van der Waals surface area contributed by atoms with Gasteiger partial charge < -0.3 is 74.7 Å². The lowest BCUT2D eigenvalue weighted by Crippen LogP contribution is -2.59. The van der Waals surface area contributed by atoms with Crippen LogP contribution in [0.2, 0.25) is 0 Å². The Hall–Kier alpha value is -7.83. The molecule has 0 unspecified atom stereocenters. The van der Waals surface area contributed by atoms with E-state index in [9.17, 15) is 53.4 Å². The molecule has 2 rings (SSSR count). The van der Waals surface area contributed by atoms with Crippen LogP contribution in [0.3, 0.4) is 0 Å². The number of ether oxygens (including phenoxy) is 1. The molecule has 1 aliphatic heterocycles. The number of rotatable bonds is 19. The van der Waals surface area contributed by atoms with E-state index in [4.69, 9.17) is 27.7 Å². The van der Waals surface area contributed by atoms with Gasteiger partial charge in [0.15, 0.2) is 11.9 Å². The molecule has 16 N–H and O–H groups in total. The number of aliphatic carboxylic acids is 2. The Labute approximate surface area is 450 Å².